The summed E-state index contributed by atoms with van der Waals surface area (Å²) in [7, 11) is 0. The lowest BCUT2D eigenvalue weighted by Gasteiger charge is -2.33. The van der Waals surface area contributed by atoms with E-state index in [1.165, 1.54) is 51.4 Å². The van der Waals surface area contributed by atoms with E-state index in [0.29, 0.717) is 0 Å². The molecule has 0 aliphatic heterocycles. The van der Waals surface area contributed by atoms with E-state index < -0.39 is 0 Å². The minimum absolute atomic E-state index is 0.0919. The first-order valence-corrected chi connectivity index (χ1v) is 8.30. The van der Waals surface area contributed by atoms with E-state index in [9.17, 15) is 0 Å². The molecular weight excluding hydrogens is 238 g/mol. The summed E-state index contributed by atoms with van der Waals surface area (Å²) in [6.07, 6.45) is 11.6. The molecule has 2 aliphatic rings. The third-order valence-corrected chi connectivity index (χ3v) is 4.29. The van der Waals surface area contributed by atoms with Crippen LogP contribution in [0.25, 0.3) is 0 Å². The van der Waals surface area contributed by atoms with Crippen LogP contribution in [-0.4, -0.2) is 38.0 Å². The van der Waals surface area contributed by atoms with Crippen molar-refractivity contribution in [1.29, 1.82) is 0 Å². The Morgan fingerprint density at radius 2 is 1.74 bits per heavy atom. The normalized spacial score (nSPS) is 23.2. The van der Waals surface area contributed by atoms with E-state index in [1.54, 1.807) is 0 Å². The van der Waals surface area contributed by atoms with Gasteiger partial charge in [0.15, 0.2) is 0 Å². The van der Waals surface area contributed by atoms with Gasteiger partial charge in [0.05, 0.1) is 18.8 Å². The van der Waals surface area contributed by atoms with Gasteiger partial charge < -0.3 is 14.8 Å². The van der Waals surface area contributed by atoms with E-state index in [4.69, 9.17) is 9.47 Å². The minimum Gasteiger partial charge on any atom is -0.379 e. The molecule has 2 fully saturated rings. The molecule has 112 valence electrons. The van der Waals surface area contributed by atoms with Gasteiger partial charge in [-0.2, -0.15) is 0 Å². The van der Waals surface area contributed by atoms with Crippen molar-refractivity contribution in [3.05, 3.63) is 0 Å². The van der Waals surface area contributed by atoms with E-state index >= 15 is 0 Å². The topological polar surface area (TPSA) is 30.5 Å². The predicted octanol–water partition coefficient (Wildman–Crippen LogP) is 3.27. The van der Waals surface area contributed by atoms with Crippen LogP contribution in [0.15, 0.2) is 0 Å². The summed E-state index contributed by atoms with van der Waals surface area (Å²) in [6, 6.07) is 0.778. The lowest BCUT2D eigenvalue weighted by molar-refractivity contribution is -0.0753. The first-order chi connectivity index (χ1) is 9.35. The zero-order chi connectivity index (χ0) is 13.4. The molecule has 2 saturated carbocycles. The van der Waals surface area contributed by atoms with Crippen molar-refractivity contribution in [3.63, 3.8) is 0 Å². The average molecular weight is 269 g/mol. The molecule has 0 heterocycles. The number of hydrogen-bond donors (Lipinski definition) is 1. The van der Waals surface area contributed by atoms with Crippen molar-refractivity contribution < 1.29 is 9.47 Å². The highest BCUT2D eigenvalue weighted by atomic mass is 16.5. The van der Waals surface area contributed by atoms with Crippen molar-refractivity contribution in [2.24, 2.45) is 0 Å². The van der Waals surface area contributed by atoms with E-state index in [-0.39, 0.29) is 5.60 Å². The highest BCUT2D eigenvalue weighted by molar-refractivity contribution is 4.90. The maximum Gasteiger partial charge on any atom is 0.0807 e. The minimum atomic E-state index is 0.0919. The molecule has 0 spiro atoms. The molecule has 0 aromatic carbocycles. The van der Waals surface area contributed by atoms with Gasteiger partial charge in [-0.3, -0.25) is 0 Å². The Morgan fingerprint density at radius 3 is 2.37 bits per heavy atom. The van der Waals surface area contributed by atoms with Crippen molar-refractivity contribution in [1.82, 2.24) is 5.32 Å². The average Bonchev–Trinajstić information content (AvgIpc) is 3.24. The third kappa shape index (κ3) is 5.80. The number of rotatable bonds is 9. The molecule has 3 heteroatoms. The summed E-state index contributed by atoms with van der Waals surface area (Å²) in [5.74, 6) is 0. The molecular formula is C16H31NO2. The zero-order valence-corrected chi connectivity index (χ0v) is 12.6. The Kier molecular flexibility index (Phi) is 6.62. The van der Waals surface area contributed by atoms with Crippen LogP contribution in [0.5, 0.6) is 0 Å². The van der Waals surface area contributed by atoms with Gasteiger partial charge >= 0.3 is 0 Å². The molecule has 2 rings (SSSR count). The van der Waals surface area contributed by atoms with Gasteiger partial charge in [-0.05, 0) is 32.1 Å². The standard InChI is InChI=1S/C16H31NO2/c1-2-11-18-12-13-19-16(14-17-15-7-8-15)9-5-3-4-6-10-16/h15,17H,2-14H2,1H3. The van der Waals surface area contributed by atoms with Gasteiger partial charge in [0, 0.05) is 19.2 Å². The molecule has 19 heavy (non-hydrogen) atoms. The molecule has 0 unspecified atom stereocenters. The Labute approximate surface area is 118 Å². The third-order valence-electron chi connectivity index (χ3n) is 4.29. The monoisotopic (exact) mass is 269 g/mol. The van der Waals surface area contributed by atoms with Crippen LogP contribution in [0, 0.1) is 0 Å². The first-order valence-electron chi connectivity index (χ1n) is 8.30. The van der Waals surface area contributed by atoms with Gasteiger partial charge in [0.1, 0.15) is 0 Å². The molecule has 2 aliphatic carbocycles. The summed E-state index contributed by atoms with van der Waals surface area (Å²) in [4.78, 5) is 0. The molecule has 0 atom stereocenters. The summed E-state index contributed by atoms with van der Waals surface area (Å²) in [5, 5.41) is 3.68. The van der Waals surface area contributed by atoms with Crippen molar-refractivity contribution in [2.45, 2.75) is 76.4 Å². The maximum absolute atomic E-state index is 6.29. The molecule has 1 N–H and O–H groups in total. The van der Waals surface area contributed by atoms with Crippen LogP contribution in [0.4, 0.5) is 0 Å². The van der Waals surface area contributed by atoms with E-state index in [0.717, 1.165) is 38.8 Å². The number of ether oxygens (including phenoxy) is 2. The second-order valence-corrected chi connectivity index (χ2v) is 6.21. The molecule has 0 aromatic heterocycles. The van der Waals surface area contributed by atoms with Crippen molar-refractivity contribution in [2.75, 3.05) is 26.4 Å². The second-order valence-electron chi connectivity index (χ2n) is 6.21. The molecule has 0 radical (unpaired) electrons. The van der Waals surface area contributed by atoms with Crippen LogP contribution in [0.3, 0.4) is 0 Å². The van der Waals surface area contributed by atoms with Gasteiger partial charge in [0.25, 0.3) is 0 Å². The lowest BCUT2D eigenvalue weighted by atomic mass is 9.94. The quantitative estimate of drug-likeness (QED) is 0.515. The Balaban J connectivity index is 1.74. The zero-order valence-electron chi connectivity index (χ0n) is 12.6. The number of nitrogens with one attached hydrogen (secondary N) is 1. The summed E-state index contributed by atoms with van der Waals surface area (Å²) in [5.41, 5.74) is 0.0919. The van der Waals surface area contributed by atoms with Crippen LogP contribution < -0.4 is 5.32 Å². The fourth-order valence-electron chi connectivity index (χ4n) is 2.93. The van der Waals surface area contributed by atoms with Crippen molar-refractivity contribution in [3.8, 4) is 0 Å². The van der Waals surface area contributed by atoms with Gasteiger partial charge in [-0.1, -0.05) is 32.6 Å². The Hall–Kier alpha value is -0.120. The Bertz CT molecular complexity index is 233. The van der Waals surface area contributed by atoms with Gasteiger partial charge in [-0.25, -0.2) is 0 Å². The SMILES string of the molecule is CCCOCCOC1(CNC2CC2)CCCCCC1. The fourth-order valence-corrected chi connectivity index (χ4v) is 2.93. The highest BCUT2D eigenvalue weighted by Gasteiger charge is 2.33. The Morgan fingerprint density at radius 1 is 1.00 bits per heavy atom. The van der Waals surface area contributed by atoms with Crippen LogP contribution in [0.1, 0.15) is 64.7 Å². The summed E-state index contributed by atoms with van der Waals surface area (Å²) in [6.45, 7) is 5.56. The van der Waals surface area contributed by atoms with Crippen LogP contribution in [-0.2, 0) is 9.47 Å². The molecule has 0 bridgehead atoms. The van der Waals surface area contributed by atoms with Crippen LogP contribution >= 0.6 is 0 Å². The molecule has 0 amide bonds. The first kappa shape index (κ1) is 15.3. The largest absolute Gasteiger partial charge is 0.379 e. The second kappa shape index (κ2) is 8.23. The number of hydrogen-bond acceptors (Lipinski definition) is 3. The predicted molar refractivity (Wildman–Crippen MR) is 78.5 cm³/mol. The molecule has 0 saturated heterocycles. The highest BCUT2D eigenvalue weighted by Crippen LogP contribution is 2.31. The van der Waals surface area contributed by atoms with Crippen molar-refractivity contribution >= 4 is 0 Å². The molecule has 0 aromatic rings. The summed E-state index contributed by atoms with van der Waals surface area (Å²) < 4.78 is 11.8. The van der Waals surface area contributed by atoms with Crippen LogP contribution in [0.2, 0.25) is 0 Å². The fraction of sp³-hybridized carbons (Fsp3) is 1.00. The van der Waals surface area contributed by atoms with Gasteiger partial charge in [0.2, 0.25) is 0 Å². The maximum atomic E-state index is 6.29. The lowest BCUT2D eigenvalue weighted by Crippen LogP contribution is -2.44. The summed E-state index contributed by atoms with van der Waals surface area (Å²) >= 11 is 0. The van der Waals surface area contributed by atoms with E-state index in [1.807, 2.05) is 0 Å². The molecule has 3 nitrogen and oxygen atoms in total. The van der Waals surface area contributed by atoms with E-state index in [2.05, 4.69) is 12.2 Å². The smallest absolute Gasteiger partial charge is 0.0807 e. The van der Waals surface area contributed by atoms with Gasteiger partial charge in [-0.15, -0.1) is 0 Å².